The number of halogens is 1. The average Bonchev–Trinajstić information content (AvgIpc) is 2.91. The average molecular weight is 303 g/mol. The van der Waals surface area contributed by atoms with E-state index in [1.807, 2.05) is 13.8 Å². The lowest BCUT2D eigenvalue weighted by molar-refractivity contribution is 0.0967. The number of hydrogen-bond donors (Lipinski definition) is 0. The van der Waals surface area contributed by atoms with Gasteiger partial charge in [0.15, 0.2) is 5.76 Å². The van der Waals surface area contributed by atoms with Gasteiger partial charge < -0.3 is 4.42 Å². The van der Waals surface area contributed by atoms with Crippen LogP contribution in [0.25, 0.3) is 11.0 Å². The summed E-state index contributed by atoms with van der Waals surface area (Å²) in [6, 6.07) is 4.27. The van der Waals surface area contributed by atoms with Crippen LogP contribution in [0.2, 0.25) is 0 Å². The van der Waals surface area contributed by atoms with Crippen molar-refractivity contribution in [3.05, 3.63) is 50.9 Å². The van der Waals surface area contributed by atoms with E-state index in [-0.39, 0.29) is 18.0 Å². The Labute approximate surface area is 125 Å². The fraction of sp³-hybridized carbons (Fsp3) is 0.250. The number of rotatable bonds is 3. The molecule has 3 rings (SSSR count). The van der Waals surface area contributed by atoms with Gasteiger partial charge in [0, 0.05) is 15.8 Å². The third kappa shape index (κ3) is 2.49. The minimum absolute atomic E-state index is 0.127. The van der Waals surface area contributed by atoms with Gasteiger partial charge in [-0.05, 0) is 39.0 Å². The van der Waals surface area contributed by atoms with E-state index in [9.17, 15) is 9.18 Å². The Bertz CT molecular complexity index is 828. The van der Waals surface area contributed by atoms with Gasteiger partial charge in [0.05, 0.1) is 12.1 Å². The highest BCUT2D eigenvalue weighted by atomic mass is 32.1. The van der Waals surface area contributed by atoms with Gasteiger partial charge in [-0.25, -0.2) is 9.37 Å². The van der Waals surface area contributed by atoms with Gasteiger partial charge in [-0.1, -0.05) is 0 Å². The molecule has 0 atom stereocenters. The molecule has 0 aliphatic heterocycles. The monoisotopic (exact) mass is 303 g/mol. The van der Waals surface area contributed by atoms with Crippen LogP contribution in [-0.4, -0.2) is 10.8 Å². The van der Waals surface area contributed by atoms with Crippen molar-refractivity contribution in [3.63, 3.8) is 0 Å². The maximum Gasteiger partial charge on any atom is 0.205 e. The van der Waals surface area contributed by atoms with E-state index in [0.717, 1.165) is 15.6 Å². The molecular weight excluding hydrogens is 289 g/mol. The van der Waals surface area contributed by atoms with Gasteiger partial charge in [0.1, 0.15) is 16.4 Å². The standard InChI is InChI=1S/C16H14FNO2S/c1-8-12-6-11(17)4-5-14(12)20-16(8)13(19)7-15-18-9(2)10(3)21-15/h4-6H,7H2,1-3H3. The molecule has 0 aliphatic carbocycles. The Morgan fingerprint density at radius 1 is 1.33 bits per heavy atom. The lowest BCUT2D eigenvalue weighted by atomic mass is 10.1. The lowest BCUT2D eigenvalue weighted by Crippen LogP contribution is -2.03. The van der Waals surface area contributed by atoms with Crippen LogP contribution in [0.5, 0.6) is 0 Å². The minimum atomic E-state index is -0.337. The van der Waals surface area contributed by atoms with Crippen molar-refractivity contribution in [1.82, 2.24) is 4.98 Å². The molecule has 0 amide bonds. The van der Waals surface area contributed by atoms with Crippen LogP contribution in [0.4, 0.5) is 4.39 Å². The van der Waals surface area contributed by atoms with Gasteiger partial charge in [0.2, 0.25) is 5.78 Å². The Kier molecular flexibility index (Phi) is 3.37. The number of fused-ring (bicyclic) bond motifs is 1. The molecule has 5 heteroatoms. The fourth-order valence-electron chi connectivity index (χ4n) is 2.29. The molecule has 3 nitrogen and oxygen atoms in total. The largest absolute Gasteiger partial charge is 0.453 e. The summed E-state index contributed by atoms with van der Waals surface area (Å²) in [4.78, 5) is 17.9. The van der Waals surface area contributed by atoms with E-state index in [1.54, 1.807) is 13.0 Å². The molecule has 3 aromatic rings. The summed E-state index contributed by atoms with van der Waals surface area (Å²) in [5, 5.41) is 1.42. The van der Waals surface area contributed by atoms with Crippen LogP contribution in [0, 0.1) is 26.6 Å². The van der Waals surface area contributed by atoms with E-state index in [4.69, 9.17) is 4.42 Å². The molecule has 0 saturated heterocycles. The molecule has 21 heavy (non-hydrogen) atoms. The van der Waals surface area contributed by atoms with Crippen molar-refractivity contribution in [2.75, 3.05) is 0 Å². The highest BCUT2D eigenvalue weighted by Crippen LogP contribution is 2.27. The van der Waals surface area contributed by atoms with Crippen LogP contribution < -0.4 is 0 Å². The number of hydrogen-bond acceptors (Lipinski definition) is 4. The van der Waals surface area contributed by atoms with Crippen LogP contribution in [0.15, 0.2) is 22.6 Å². The number of Topliss-reactive ketones (excluding diaryl/α,β-unsaturated/α-hetero) is 1. The minimum Gasteiger partial charge on any atom is -0.453 e. The summed E-state index contributed by atoms with van der Waals surface area (Å²) in [5.74, 6) is -0.171. The van der Waals surface area contributed by atoms with E-state index in [2.05, 4.69) is 4.98 Å². The number of aromatic nitrogens is 1. The topological polar surface area (TPSA) is 43.1 Å². The Balaban J connectivity index is 1.96. The van der Waals surface area contributed by atoms with E-state index in [1.165, 1.54) is 23.5 Å². The third-order valence-corrected chi connectivity index (χ3v) is 4.61. The molecule has 2 heterocycles. The predicted molar refractivity (Wildman–Crippen MR) is 80.5 cm³/mol. The number of carbonyl (C=O) groups excluding carboxylic acids is 1. The molecule has 0 N–H and O–H groups in total. The SMILES string of the molecule is Cc1nc(CC(=O)c2oc3ccc(F)cc3c2C)sc1C. The number of nitrogens with zero attached hydrogens (tertiary/aromatic N) is 1. The highest BCUT2D eigenvalue weighted by Gasteiger charge is 2.19. The first-order chi connectivity index (χ1) is 9.95. The van der Waals surface area contributed by atoms with Crippen LogP contribution in [-0.2, 0) is 6.42 Å². The number of benzene rings is 1. The van der Waals surface area contributed by atoms with E-state index < -0.39 is 0 Å². The molecule has 0 aliphatic rings. The molecule has 0 spiro atoms. The number of ketones is 1. The molecule has 2 aromatic heterocycles. The predicted octanol–water partition coefficient (Wildman–Crippen LogP) is 4.38. The van der Waals surface area contributed by atoms with Crippen LogP contribution in [0.1, 0.15) is 31.7 Å². The molecule has 108 valence electrons. The summed E-state index contributed by atoms with van der Waals surface area (Å²) in [7, 11) is 0. The summed E-state index contributed by atoms with van der Waals surface area (Å²) in [6.07, 6.45) is 0.211. The van der Waals surface area contributed by atoms with Gasteiger partial charge >= 0.3 is 0 Å². The van der Waals surface area contributed by atoms with Crippen molar-refractivity contribution in [2.45, 2.75) is 27.2 Å². The normalized spacial score (nSPS) is 11.2. The summed E-state index contributed by atoms with van der Waals surface area (Å²) in [6.45, 7) is 5.68. The van der Waals surface area contributed by atoms with Crippen molar-refractivity contribution < 1.29 is 13.6 Å². The fourth-order valence-corrected chi connectivity index (χ4v) is 3.22. The zero-order valence-corrected chi connectivity index (χ0v) is 12.8. The Morgan fingerprint density at radius 3 is 2.76 bits per heavy atom. The van der Waals surface area contributed by atoms with Crippen molar-refractivity contribution in [1.29, 1.82) is 0 Å². The lowest BCUT2D eigenvalue weighted by Gasteiger charge is -1.95. The first-order valence-corrected chi connectivity index (χ1v) is 7.42. The maximum atomic E-state index is 13.3. The number of carbonyl (C=O) groups is 1. The van der Waals surface area contributed by atoms with Gasteiger partial charge in [-0.3, -0.25) is 4.79 Å². The first-order valence-electron chi connectivity index (χ1n) is 6.60. The third-order valence-electron chi connectivity index (χ3n) is 3.54. The Hall–Kier alpha value is -2.01. The molecule has 0 radical (unpaired) electrons. The second-order valence-corrected chi connectivity index (χ2v) is 6.33. The van der Waals surface area contributed by atoms with E-state index >= 15 is 0 Å². The molecule has 0 fully saturated rings. The van der Waals surface area contributed by atoms with Crippen LogP contribution >= 0.6 is 11.3 Å². The smallest absolute Gasteiger partial charge is 0.205 e. The number of aryl methyl sites for hydroxylation is 3. The van der Waals surface area contributed by atoms with Gasteiger partial charge in [0.25, 0.3) is 0 Å². The molecular formula is C16H14FNO2S. The van der Waals surface area contributed by atoms with Gasteiger partial charge in [-0.15, -0.1) is 11.3 Å². The highest BCUT2D eigenvalue weighted by molar-refractivity contribution is 7.11. The zero-order valence-electron chi connectivity index (χ0n) is 12.0. The molecule has 0 unspecified atom stereocenters. The van der Waals surface area contributed by atoms with Crippen molar-refractivity contribution >= 4 is 28.1 Å². The summed E-state index contributed by atoms with van der Waals surface area (Å²) in [5.41, 5.74) is 2.16. The molecule has 1 aromatic carbocycles. The first kappa shape index (κ1) is 13.9. The second-order valence-electron chi connectivity index (χ2n) is 5.05. The maximum absolute atomic E-state index is 13.3. The summed E-state index contributed by atoms with van der Waals surface area (Å²) >= 11 is 1.52. The Morgan fingerprint density at radius 2 is 2.10 bits per heavy atom. The molecule has 0 saturated carbocycles. The van der Waals surface area contributed by atoms with Gasteiger partial charge in [-0.2, -0.15) is 0 Å². The van der Waals surface area contributed by atoms with E-state index in [0.29, 0.717) is 22.3 Å². The quantitative estimate of drug-likeness (QED) is 0.674. The van der Waals surface area contributed by atoms with Crippen LogP contribution in [0.3, 0.4) is 0 Å². The zero-order chi connectivity index (χ0) is 15.1. The second kappa shape index (κ2) is 5.07. The van der Waals surface area contributed by atoms with Crippen molar-refractivity contribution in [3.8, 4) is 0 Å². The summed E-state index contributed by atoms with van der Waals surface area (Å²) < 4.78 is 18.9. The number of thiazole rings is 1. The number of furan rings is 1. The molecule has 0 bridgehead atoms. The van der Waals surface area contributed by atoms with Crippen molar-refractivity contribution in [2.24, 2.45) is 0 Å².